The Hall–Kier alpha value is -2.36. The molecular formula is C23H17NSSi. The summed E-state index contributed by atoms with van der Waals surface area (Å²) in [4.78, 5) is 7.75. The first kappa shape index (κ1) is 14.8. The number of aromatic nitrogens is 1. The van der Waals surface area contributed by atoms with Crippen molar-refractivity contribution in [3.8, 4) is 22.4 Å². The Kier molecular flexibility index (Phi) is 2.77. The summed E-state index contributed by atoms with van der Waals surface area (Å²) < 4.78 is 0. The lowest BCUT2D eigenvalue weighted by Gasteiger charge is -2.20. The summed E-state index contributed by atoms with van der Waals surface area (Å²) in [5.41, 5.74) is 6.44. The van der Waals surface area contributed by atoms with Gasteiger partial charge in [0.15, 0.2) is 0 Å². The summed E-state index contributed by atoms with van der Waals surface area (Å²) in [6, 6.07) is 24.5. The Morgan fingerprint density at radius 2 is 1.54 bits per heavy atom. The molecule has 1 aromatic heterocycles. The number of hydrogen-bond acceptors (Lipinski definition) is 2. The van der Waals surface area contributed by atoms with E-state index in [0.717, 1.165) is 11.2 Å². The average molecular weight is 368 g/mol. The highest BCUT2D eigenvalue weighted by Crippen LogP contribution is 2.49. The van der Waals surface area contributed by atoms with Gasteiger partial charge in [-0.05, 0) is 39.7 Å². The average Bonchev–Trinajstić information content (AvgIpc) is 2.81. The maximum atomic E-state index is 5.11. The second-order valence-corrected chi connectivity index (χ2v) is 13.1. The summed E-state index contributed by atoms with van der Waals surface area (Å²) in [6.45, 7) is 4.96. The molecule has 26 heavy (non-hydrogen) atoms. The first-order chi connectivity index (χ1) is 12.6. The van der Waals surface area contributed by atoms with Gasteiger partial charge in [0, 0.05) is 20.7 Å². The molecule has 0 saturated carbocycles. The second-order valence-electron chi connectivity index (χ2n) is 7.66. The minimum absolute atomic E-state index is 1.07. The van der Waals surface area contributed by atoms with E-state index in [4.69, 9.17) is 4.98 Å². The van der Waals surface area contributed by atoms with Gasteiger partial charge in [-0.15, -0.1) is 0 Å². The van der Waals surface area contributed by atoms with Crippen molar-refractivity contribution in [2.45, 2.75) is 22.9 Å². The number of pyridine rings is 1. The smallest absolute Gasteiger partial charge is 0.113 e. The van der Waals surface area contributed by atoms with Gasteiger partial charge >= 0.3 is 0 Å². The summed E-state index contributed by atoms with van der Waals surface area (Å²) in [5, 5.41) is 4.34. The van der Waals surface area contributed by atoms with Gasteiger partial charge in [-0.25, -0.2) is 4.98 Å². The molecule has 0 spiro atoms. The molecule has 6 rings (SSSR count). The summed E-state index contributed by atoms with van der Waals surface area (Å²) in [6.07, 6.45) is 0. The number of rotatable bonds is 0. The van der Waals surface area contributed by atoms with Crippen molar-refractivity contribution in [3.63, 3.8) is 0 Å². The summed E-state index contributed by atoms with van der Waals surface area (Å²) >= 11 is 1.88. The quantitative estimate of drug-likeness (QED) is 0.350. The van der Waals surface area contributed by atoms with Crippen molar-refractivity contribution in [1.29, 1.82) is 0 Å². The van der Waals surface area contributed by atoms with Gasteiger partial charge < -0.3 is 0 Å². The van der Waals surface area contributed by atoms with Crippen molar-refractivity contribution < 1.29 is 0 Å². The van der Waals surface area contributed by atoms with Crippen LogP contribution in [0.1, 0.15) is 0 Å². The van der Waals surface area contributed by atoms with E-state index in [-0.39, 0.29) is 0 Å². The van der Waals surface area contributed by atoms with Crippen LogP contribution in [-0.4, -0.2) is 13.1 Å². The molecule has 3 aromatic carbocycles. The first-order valence-electron chi connectivity index (χ1n) is 9.00. The molecule has 0 bridgehead atoms. The number of para-hydroxylation sites is 1. The standard InChI is InChI=1S/C23H17NSSi/c1-26(2)19-11-5-8-15-21(19)22-17(10-6-12-20(22)26)25-18-13-14-7-3-4-9-16(14)24-23(15)18/h3-13H,1-2H3. The maximum absolute atomic E-state index is 5.11. The highest BCUT2D eigenvalue weighted by Gasteiger charge is 2.41. The van der Waals surface area contributed by atoms with Gasteiger partial charge in [-0.3, -0.25) is 0 Å². The SMILES string of the molecule is C[Si]1(C)c2cccc3c2-c2c(cccc21)-c1nc2ccccc2cc1S3. The molecule has 2 aliphatic rings. The van der Waals surface area contributed by atoms with Gasteiger partial charge in [0.1, 0.15) is 8.07 Å². The van der Waals surface area contributed by atoms with E-state index in [2.05, 4.69) is 79.8 Å². The van der Waals surface area contributed by atoms with Crippen LogP contribution >= 0.6 is 11.8 Å². The Morgan fingerprint density at radius 3 is 2.42 bits per heavy atom. The fraction of sp³-hybridized carbons (Fsp3) is 0.0870. The molecule has 2 aliphatic heterocycles. The van der Waals surface area contributed by atoms with Crippen LogP contribution in [-0.2, 0) is 0 Å². The Balaban J connectivity index is 1.81. The monoisotopic (exact) mass is 367 g/mol. The number of hydrogen-bond donors (Lipinski definition) is 0. The third-order valence-corrected chi connectivity index (χ3v) is 10.5. The van der Waals surface area contributed by atoms with E-state index in [1.54, 1.807) is 10.4 Å². The molecule has 0 radical (unpaired) electrons. The molecular weight excluding hydrogens is 350 g/mol. The molecule has 0 fully saturated rings. The lowest BCUT2D eigenvalue weighted by atomic mass is 9.97. The molecule has 3 heterocycles. The van der Waals surface area contributed by atoms with Gasteiger partial charge in [-0.1, -0.05) is 73.4 Å². The minimum Gasteiger partial charge on any atom is -0.247 e. The Labute approximate surface area is 158 Å². The first-order valence-corrected chi connectivity index (χ1v) is 12.8. The Morgan fingerprint density at radius 1 is 0.769 bits per heavy atom. The van der Waals surface area contributed by atoms with Gasteiger partial charge in [0.05, 0.1) is 11.2 Å². The van der Waals surface area contributed by atoms with Crippen LogP contribution in [0.25, 0.3) is 33.3 Å². The third kappa shape index (κ3) is 1.75. The molecule has 0 atom stereocenters. The Bertz CT molecular complexity index is 1240. The molecule has 4 aromatic rings. The van der Waals surface area contributed by atoms with Crippen LogP contribution in [0.5, 0.6) is 0 Å². The van der Waals surface area contributed by atoms with Crippen molar-refractivity contribution in [2.75, 3.05) is 0 Å². The largest absolute Gasteiger partial charge is 0.247 e. The van der Waals surface area contributed by atoms with Crippen LogP contribution in [0, 0.1) is 0 Å². The van der Waals surface area contributed by atoms with Gasteiger partial charge in [-0.2, -0.15) is 0 Å². The third-order valence-electron chi connectivity index (χ3n) is 5.85. The zero-order valence-electron chi connectivity index (χ0n) is 14.7. The van der Waals surface area contributed by atoms with E-state index in [1.165, 1.54) is 31.9 Å². The topological polar surface area (TPSA) is 12.9 Å². The minimum atomic E-state index is -1.64. The summed E-state index contributed by atoms with van der Waals surface area (Å²) in [5.74, 6) is 0. The van der Waals surface area contributed by atoms with Crippen molar-refractivity contribution in [3.05, 3.63) is 66.7 Å². The van der Waals surface area contributed by atoms with E-state index >= 15 is 0 Å². The maximum Gasteiger partial charge on any atom is 0.113 e. The normalized spacial score (nSPS) is 15.5. The van der Waals surface area contributed by atoms with Crippen LogP contribution in [0.4, 0.5) is 0 Å². The highest BCUT2D eigenvalue weighted by atomic mass is 32.2. The fourth-order valence-corrected chi connectivity index (χ4v) is 8.88. The highest BCUT2D eigenvalue weighted by molar-refractivity contribution is 7.99. The molecule has 1 nitrogen and oxygen atoms in total. The van der Waals surface area contributed by atoms with E-state index in [0.29, 0.717) is 0 Å². The molecule has 0 N–H and O–H groups in total. The number of nitrogens with zero attached hydrogens (tertiary/aromatic N) is 1. The van der Waals surface area contributed by atoms with Gasteiger partial charge in [0.2, 0.25) is 0 Å². The van der Waals surface area contributed by atoms with Crippen molar-refractivity contribution >= 4 is 41.1 Å². The van der Waals surface area contributed by atoms with Crippen LogP contribution in [0.3, 0.4) is 0 Å². The van der Waals surface area contributed by atoms with Crippen LogP contribution in [0.15, 0.2) is 76.5 Å². The van der Waals surface area contributed by atoms with Crippen LogP contribution < -0.4 is 10.4 Å². The van der Waals surface area contributed by atoms with E-state index in [1.807, 2.05) is 11.8 Å². The lowest BCUT2D eigenvalue weighted by molar-refractivity contribution is 1.31. The number of benzene rings is 3. The predicted molar refractivity (Wildman–Crippen MR) is 113 cm³/mol. The lowest BCUT2D eigenvalue weighted by Crippen LogP contribution is -2.49. The van der Waals surface area contributed by atoms with Gasteiger partial charge in [0.25, 0.3) is 0 Å². The molecule has 124 valence electrons. The molecule has 0 aliphatic carbocycles. The predicted octanol–water partition coefficient (Wildman–Crippen LogP) is 5.17. The molecule has 0 saturated heterocycles. The zero-order valence-corrected chi connectivity index (χ0v) is 16.5. The van der Waals surface area contributed by atoms with Crippen LogP contribution in [0.2, 0.25) is 13.1 Å². The molecule has 0 amide bonds. The molecule has 3 heteroatoms. The van der Waals surface area contributed by atoms with E-state index in [9.17, 15) is 0 Å². The summed E-state index contributed by atoms with van der Waals surface area (Å²) in [7, 11) is -1.64. The van der Waals surface area contributed by atoms with E-state index < -0.39 is 8.07 Å². The fourth-order valence-electron chi connectivity index (χ4n) is 4.57. The zero-order chi connectivity index (χ0) is 17.5. The van der Waals surface area contributed by atoms with Crippen molar-refractivity contribution in [1.82, 2.24) is 4.98 Å². The number of fused-ring (bicyclic) bond motifs is 3. The second kappa shape index (κ2) is 4.87. The van der Waals surface area contributed by atoms with Crippen molar-refractivity contribution in [2.24, 2.45) is 0 Å². The molecule has 0 unspecified atom stereocenters.